The van der Waals surface area contributed by atoms with Crippen molar-refractivity contribution < 1.29 is 9.30 Å². The molecule has 0 saturated carbocycles. The molecule has 0 atom stereocenters. The molecular weight excluding hydrogens is 843 g/mol. The van der Waals surface area contributed by atoms with Gasteiger partial charge >= 0.3 is 0 Å². The van der Waals surface area contributed by atoms with E-state index >= 15 is 0 Å². The highest BCUT2D eigenvalue weighted by Crippen LogP contribution is 2.39. The molecule has 0 aliphatic heterocycles. The van der Waals surface area contributed by atoms with E-state index < -0.39 is 0 Å². The zero-order chi connectivity index (χ0) is 49.4. The Morgan fingerprint density at radius 1 is 0.449 bits per heavy atom. The number of rotatable bonds is 7. The third-order valence-corrected chi connectivity index (χ3v) is 13.4. The second kappa shape index (κ2) is 17.0. The van der Waals surface area contributed by atoms with Gasteiger partial charge in [-0.2, -0.15) is 4.68 Å². The smallest absolute Gasteiger partial charge is 0.231 e. The van der Waals surface area contributed by atoms with Gasteiger partial charge in [0.1, 0.15) is 17.3 Å². The molecule has 0 aliphatic rings. The Hall–Kier alpha value is -6.79. The van der Waals surface area contributed by atoms with Gasteiger partial charge in [0.15, 0.2) is 0 Å². The molecule has 9 aromatic rings. The normalized spacial score (nSPS) is 12.9. The van der Waals surface area contributed by atoms with E-state index in [4.69, 9.17) is 14.8 Å². The topological polar surface area (TPSA) is 48.8 Å². The molecular formula is C63H69N5O. The molecule has 9 rings (SSSR count). The Morgan fingerprint density at radius 2 is 1.04 bits per heavy atom. The van der Waals surface area contributed by atoms with Crippen molar-refractivity contribution in [2.24, 2.45) is 0 Å². The summed E-state index contributed by atoms with van der Waals surface area (Å²) in [7, 11) is 0. The molecule has 6 nitrogen and oxygen atoms in total. The van der Waals surface area contributed by atoms with Gasteiger partial charge in [-0.05, 0) is 120 Å². The lowest BCUT2D eigenvalue weighted by molar-refractivity contribution is -0.589. The maximum atomic E-state index is 6.83. The Morgan fingerprint density at radius 3 is 1.65 bits per heavy atom. The molecule has 0 radical (unpaired) electrons. The number of ether oxygens (including phenoxy) is 1. The van der Waals surface area contributed by atoms with Crippen molar-refractivity contribution in [3.63, 3.8) is 0 Å². The molecule has 0 unspecified atom stereocenters. The van der Waals surface area contributed by atoms with E-state index in [1.165, 1.54) is 38.9 Å². The molecule has 0 aliphatic carbocycles. The van der Waals surface area contributed by atoms with Crippen molar-refractivity contribution >= 4 is 21.8 Å². The number of fused-ring (bicyclic) bond motifs is 3. The van der Waals surface area contributed by atoms with E-state index in [0.29, 0.717) is 5.75 Å². The van der Waals surface area contributed by atoms with Gasteiger partial charge in [0, 0.05) is 34.3 Å². The van der Waals surface area contributed by atoms with Crippen LogP contribution in [0.5, 0.6) is 11.5 Å². The van der Waals surface area contributed by atoms with E-state index in [1.807, 2.05) is 23.0 Å². The summed E-state index contributed by atoms with van der Waals surface area (Å²) in [6, 6.07) is 50.2. The molecule has 0 fully saturated rings. The van der Waals surface area contributed by atoms with Gasteiger partial charge in [-0.15, -0.1) is 0 Å². The summed E-state index contributed by atoms with van der Waals surface area (Å²) in [5, 5.41) is 7.72. The SMILES string of the molecule is CC(C)(C)c1cc(-c2nn(-c3cccc(Oc4ccc5c6cc(-c7ccccc7)ccc6n(-c6cc(C(C)(C)C)ccn6)c5c4)c3)[c-][n+]2-c2cc(C(C)(C)C)cc(C(C)(C)C)c2)cc(C(C)(C)C)c1. The molecule has 0 N–H and O–H groups in total. The third-order valence-electron chi connectivity index (χ3n) is 13.4. The summed E-state index contributed by atoms with van der Waals surface area (Å²) in [5.74, 6) is 3.11. The summed E-state index contributed by atoms with van der Waals surface area (Å²) < 4.78 is 13.1. The average Bonchev–Trinajstić information content (AvgIpc) is 3.88. The summed E-state index contributed by atoms with van der Waals surface area (Å²) in [6.45, 7) is 34.1. The van der Waals surface area contributed by atoms with Crippen molar-refractivity contribution in [1.82, 2.24) is 19.3 Å². The minimum absolute atomic E-state index is 0.0418. The third kappa shape index (κ3) is 9.64. The molecule has 0 bridgehead atoms. The molecule has 0 spiro atoms. The number of hydrogen-bond acceptors (Lipinski definition) is 3. The van der Waals surface area contributed by atoms with E-state index in [-0.39, 0.29) is 27.1 Å². The predicted molar refractivity (Wildman–Crippen MR) is 287 cm³/mol. The summed E-state index contributed by atoms with van der Waals surface area (Å²) >= 11 is 0. The van der Waals surface area contributed by atoms with Crippen LogP contribution in [0.4, 0.5) is 0 Å². The fraction of sp³-hybridized carbons (Fsp3) is 0.317. The quantitative estimate of drug-likeness (QED) is 0.118. The van der Waals surface area contributed by atoms with Crippen LogP contribution in [0.25, 0.3) is 61.5 Å². The largest absolute Gasteiger partial charge is 0.458 e. The van der Waals surface area contributed by atoms with Gasteiger partial charge in [-0.3, -0.25) is 4.57 Å². The lowest BCUT2D eigenvalue weighted by Crippen LogP contribution is -2.33. The second-order valence-corrected chi connectivity index (χ2v) is 24.1. The van der Waals surface area contributed by atoms with Crippen LogP contribution >= 0.6 is 0 Å². The van der Waals surface area contributed by atoms with Crippen LogP contribution in [0.2, 0.25) is 0 Å². The monoisotopic (exact) mass is 912 g/mol. The first kappa shape index (κ1) is 47.3. The van der Waals surface area contributed by atoms with Gasteiger partial charge < -0.3 is 9.30 Å². The van der Waals surface area contributed by atoms with Crippen LogP contribution in [0.3, 0.4) is 0 Å². The standard InChI is InChI=1S/C63H69N5O/c1-59(2,3)44-28-29-64-57(37-44)68-55-27-24-42(41-20-17-16-18-21-41)32-54(55)53-26-25-52(39-56(53)68)69-51-23-19-22-49(38-51)67-40-66(50-35-47(62(10,11)12)34-48(36-50)63(13,14)15)58(65-67)43-30-45(60(4,5)6)33-46(31-43)61(7,8)9/h16-39H,1-15H3. The fourth-order valence-electron chi connectivity index (χ4n) is 8.96. The van der Waals surface area contributed by atoms with E-state index in [0.717, 1.165) is 56.1 Å². The van der Waals surface area contributed by atoms with Gasteiger partial charge in [-0.1, -0.05) is 189 Å². The molecule has 352 valence electrons. The lowest BCUT2D eigenvalue weighted by Gasteiger charge is -2.27. The highest BCUT2D eigenvalue weighted by molar-refractivity contribution is 6.10. The van der Waals surface area contributed by atoms with Crippen LogP contribution in [0.1, 0.15) is 132 Å². The van der Waals surface area contributed by atoms with Gasteiger partial charge in [0.05, 0.1) is 16.7 Å². The summed E-state index contributed by atoms with van der Waals surface area (Å²) in [6.07, 6.45) is 5.66. The van der Waals surface area contributed by atoms with Crippen molar-refractivity contribution in [2.75, 3.05) is 0 Å². The predicted octanol–water partition coefficient (Wildman–Crippen LogP) is 16.1. The van der Waals surface area contributed by atoms with Gasteiger partial charge in [0.2, 0.25) is 12.2 Å². The molecule has 6 aromatic carbocycles. The highest BCUT2D eigenvalue weighted by Gasteiger charge is 2.27. The zero-order valence-electron chi connectivity index (χ0n) is 43.5. The molecule has 0 amide bonds. The maximum Gasteiger partial charge on any atom is 0.231 e. The van der Waals surface area contributed by atoms with E-state index in [2.05, 4.69) is 247 Å². The number of nitrogens with zero attached hydrogens (tertiary/aromatic N) is 5. The lowest BCUT2D eigenvalue weighted by atomic mass is 9.79. The van der Waals surface area contributed by atoms with Crippen LogP contribution < -0.4 is 9.30 Å². The van der Waals surface area contributed by atoms with Crippen molar-refractivity contribution in [3.8, 4) is 51.2 Å². The Labute approximate surface area is 410 Å². The van der Waals surface area contributed by atoms with Crippen LogP contribution in [0.15, 0.2) is 146 Å². The summed E-state index contributed by atoms with van der Waals surface area (Å²) in [4.78, 5) is 4.96. The molecule has 0 saturated heterocycles. The minimum Gasteiger partial charge on any atom is -0.458 e. The Balaban J connectivity index is 1.18. The number of pyridine rings is 1. The van der Waals surface area contributed by atoms with Crippen molar-refractivity contribution in [2.45, 2.75) is 131 Å². The van der Waals surface area contributed by atoms with Crippen LogP contribution in [-0.4, -0.2) is 19.3 Å². The van der Waals surface area contributed by atoms with Crippen molar-refractivity contribution in [1.29, 1.82) is 0 Å². The number of hydrogen-bond donors (Lipinski definition) is 0. The second-order valence-electron chi connectivity index (χ2n) is 24.1. The first-order valence-corrected chi connectivity index (χ1v) is 24.5. The maximum absolute atomic E-state index is 6.83. The Kier molecular flexibility index (Phi) is 11.7. The first-order chi connectivity index (χ1) is 32.3. The highest BCUT2D eigenvalue weighted by atomic mass is 16.5. The number of benzene rings is 6. The van der Waals surface area contributed by atoms with E-state index in [1.54, 1.807) is 0 Å². The Bertz CT molecular complexity index is 3210. The van der Waals surface area contributed by atoms with Crippen LogP contribution in [0, 0.1) is 6.33 Å². The summed E-state index contributed by atoms with van der Waals surface area (Å²) in [5.41, 5.74) is 13.4. The van der Waals surface area contributed by atoms with Gasteiger partial charge in [0.25, 0.3) is 0 Å². The molecule has 6 heteroatoms. The molecule has 3 heterocycles. The van der Waals surface area contributed by atoms with E-state index in [9.17, 15) is 0 Å². The number of aromatic nitrogens is 5. The average molecular weight is 912 g/mol. The first-order valence-electron chi connectivity index (χ1n) is 24.5. The fourth-order valence-corrected chi connectivity index (χ4v) is 8.96. The molecule has 3 aromatic heterocycles. The van der Waals surface area contributed by atoms with Crippen molar-refractivity contribution in [3.05, 3.63) is 180 Å². The molecule has 69 heavy (non-hydrogen) atoms. The zero-order valence-corrected chi connectivity index (χ0v) is 43.5. The minimum atomic E-state index is -0.0700. The van der Waals surface area contributed by atoms with Gasteiger partial charge in [-0.25, -0.2) is 4.98 Å². The van der Waals surface area contributed by atoms with Crippen LogP contribution in [-0.2, 0) is 27.1 Å².